The normalized spacial score (nSPS) is 15.3. The predicted molar refractivity (Wildman–Crippen MR) is 110 cm³/mol. The fourth-order valence-corrected chi connectivity index (χ4v) is 3.70. The van der Waals surface area contributed by atoms with E-state index >= 15 is 0 Å². The molecular weight excluding hydrogens is 352 g/mol. The van der Waals surface area contributed by atoms with Crippen molar-refractivity contribution >= 4 is 11.9 Å². The predicted octanol–water partition coefficient (Wildman–Crippen LogP) is 2.92. The van der Waals surface area contributed by atoms with E-state index in [-0.39, 0.29) is 11.9 Å². The van der Waals surface area contributed by atoms with Gasteiger partial charge in [-0.2, -0.15) is 0 Å². The van der Waals surface area contributed by atoms with E-state index in [0.29, 0.717) is 18.7 Å². The maximum Gasteiger partial charge on any atom is 0.315 e. The number of carbonyl (C=O) groups is 2. The number of urea groups is 1. The molecule has 0 bridgehead atoms. The quantitative estimate of drug-likeness (QED) is 0.614. The van der Waals surface area contributed by atoms with Gasteiger partial charge < -0.3 is 21.7 Å². The van der Waals surface area contributed by atoms with Crippen LogP contribution in [0.1, 0.15) is 58.8 Å². The summed E-state index contributed by atoms with van der Waals surface area (Å²) in [5.74, 6) is -0.0797. The zero-order valence-corrected chi connectivity index (χ0v) is 16.1. The molecule has 2 aromatic rings. The summed E-state index contributed by atoms with van der Waals surface area (Å²) in [4.78, 5) is 25.9. The first-order chi connectivity index (χ1) is 13.6. The Hall–Kier alpha value is -2.86. The van der Waals surface area contributed by atoms with Crippen LogP contribution in [0, 0.1) is 0 Å². The molecule has 0 saturated carbocycles. The molecule has 3 rings (SSSR count). The van der Waals surface area contributed by atoms with Crippen LogP contribution in [0.3, 0.4) is 0 Å². The molecule has 148 valence electrons. The van der Waals surface area contributed by atoms with Crippen molar-refractivity contribution in [2.24, 2.45) is 11.5 Å². The number of carbonyl (C=O) groups excluding carboxylic acids is 2. The van der Waals surface area contributed by atoms with Crippen molar-refractivity contribution in [1.82, 2.24) is 10.2 Å². The van der Waals surface area contributed by atoms with Gasteiger partial charge in [0.15, 0.2) is 0 Å². The second-order valence-corrected chi connectivity index (χ2v) is 7.15. The number of primary amides is 1. The maximum absolute atomic E-state index is 12.3. The monoisotopic (exact) mass is 380 g/mol. The van der Waals surface area contributed by atoms with Crippen molar-refractivity contribution in [1.29, 1.82) is 0 Å². The SMILES string of the molecule is NCCCCCCNC(=O)c1ccc(C2c3ccccc3CN2C(N)=O)cc1. The first kappa shape index (κ1) is 19.9. The highest BCUT2D eigenvalue weighted by atomic mass is 16.2. The number of nitrogens with one attached hydrogen (secondary N) is 1. The van der Waals surface area contributed by atoms with Crippen LogP contribution in [0.25, 0.3) is 0 Å². The molecule has 0 fully saturated rings. The highest BCUT2D eigenvalue weighted by Gasteiger charge is 2.33. The zero-order valence-electron chi connectivity index (χ0n) is 16.1. The Morgan fingerprint density at radius 3 is 2.43 bits per heavy atom. The lowest BCUT2D eigenvalue weighted by Crippen LogP contribution is -2.34. The molecule has 6 heteroatoms. The Bertz CT molecular complexity index is 820. The van der Waals surface area contributed by atoms with Crippen LogP contribution in [-0.2, 0) is 6.54 Å². The number of hydrogen-bond donors (Lipinski definition) is 3. The Morgan fingerprint density at radius 2 is 1.71 bits per heavy atom. The molecule has 28 heavy (non-hydrogen) atoms. The van der Waals surface area contributed by atoms with E-state index in [1.54, 1.807) is 17.0 Å². The number of nitrogens with two attached hydrogens (primary N) is 2. The van der Waals surface area contributed by atoms with Gasteiger partial charge in [-0.3, -0.25) is 4.79 Å². The standard InChI is InChI=1S/C22H28N4O2/c23-13-5-1-2-6-14-25-21(27)17-11-9-16(10-12-17)20-19-8-4-3-7-18(19)15-26(20)22(24)28/h3-4,7-12,20H,1-2,5-6,13-15,23H2,(H2,24,28)(H,25,27). The van der Waals surface area contributed by atoms with Gasteiger partial charge in [0.25, 0.3) is 5.91 Å². The number of amides is 3. The maximum atomic E-state index is 12.3. The third-order valence-electron chi connectivity index (χ3n) is 5.19. The minimum atomic E-state index is -0.447. The third-order valence-corrected chi connectivity index (χ3v) is 5.19. The van der Waals surface area contributed by atoms with Gasteiger partial charge >= 0.3 is 6.03 Å². The van der Waals surface area contributed by atoms with Gasteiger partial charge in [-0.15, -0.1) is 0 Å². The van der Waals surface area contributed by atoms with Crippen LogP contribution < -0.4 is 16.8 Å². The van der Waals surface area contributed by atoms with Crippen molar-refractivity contribution in [2.75, 3.05) is 13.1 Å². The Kier molecular flexibility index (Phi) is 6.66. The Balaban J connectivity index is 1.65. The van der Waals surface area contributed by atoms with Gasteiger partial charge in [0.2, 0.25) is 0 Å². The average molecular weight is 380 g/mol. The van der Waals surface area contributed by atoms with E-state index in [4.69, 9.17) is 11.5 Å². The zero-order chi connectivity index (χ0) is 19.9. The van der Waals surface area contributed by atoms with Gasteiger partial charge in [0.1, 0.15) is 0 Å². The topological polar surface area (TPSA) is 101 Å². The van der Waals surface area contributed by atoms with E-state index in [0.717, 1.165) is 48.9 Å². The van der Waals surface area contributed by atoms with Crippen molar-refractivity contribution in [3.8, 4) is 0 Å². The summed E-state index contributed by atoms with van der Waals surface area (Å²) in [7, 11) is 0. The largest absolute Gasteiger partial charge is 0.352 e. The van der Waals surface area contributed by atoms with E-state index in [1.807, 2.05) is 36.4 Å². The lowest BCUT2D eigenvalue weighted by Gasteiger charge is -2.24. The molecule has 6 nitrogen and oxygen atoms in total. The summed E-state index contributed by atoms with van der Waals surface area (Å²) in [6, 6.07) is 14.7. The van der Waals surface area contributed by atoms with Gasteiger partial charge in [-0.1, -0.05) is 49.2 Å². The van der Waals surface area contributed by atoms with Gasteiger partial charge in [0.05, 0.1) is 6.04 Å². The first-order valence-corrected chi connectivity index (χ1v) is 9.84. The van der Waals surface area contributed by atoms with E-state index in [1.165, 1.54) is 0 Å². The minimum absolute atomic E-state index is 0.0797. The molecular formula is C22H28N4O2. The van der Waals surface area contributed by atoms with Crippen LogP contribution in [0.15, 0.2) is 48.5 Å². The lowest BCUT2D eigenvalue weighted by molar-refractivity contribution is 0.0953. The Labute approximate surface area is 165 Å². The summed E-state index contributed by atoms with van der Waals surface area (Å²) >= 11 is 0. The molecule has 5 N–H and O–H groups in total. The number of benzene rings is 2. The number of nitrogens with zero attached hydrogens (tertiary/aromatic N) is 1. The number of unbranched alkanes of at least 4 members (excludes halogenated alkanes) is 3. The van der Waals surface area contributed by atoms with E-state index in [9.17, 15) is 9.59 Å². The van der Waals surface area contributed by atoms with Crippen molar-refractivity contribution in [3.63, 3.8) is 0 Å². The molecule has 1 heterocycles. The number of rotatable bonds is 8. The fourth-order valence-electron chi connectivity index (χ4n) is 3.70. The third kappa shape index (κ3) is 4.51. The summed E-state index contributed by atoms with van der Waals surface area (Å²) in [6.45, 7) is 1.89. The van der Waals surface area contributed by atoms with Crippen molar-refractivity contribution in [3.05, 3.63) is 70.8 Å². The summed E-state index contributed by atoms with van der Waals surface area (Å²) in [6.07, 6.45) is 4.15. The summed E-state index contributed by atoms with van der Waals surface area (Å²) in [5.41, 5.74) is 14.8. The molecule has 0 saturated heterocycles. The second kappa shape index (κ2) is 9.37. The first-order valence-electron chi connectivity index (χ1n) is 9.84. The molecule has 0 aliphatic carbocycles. The van der Waals surface area contributed by atoms with E-state index in [2.05, 4.69) is 5.32 Å². The molecule has 1 atom stereocenters. The van der Waals surface area contributed by atoms with Crippen LogP contribution in [-0.4, -0.2) is 29.9 Å². The lowest BCUT2D eigenvalue weighted by atomic mass is 9.97. The van der Waals surface area contributed by atoms with Crippen LogP contribution >= 0.6 is 0 Å². The average Bonchev–Trinajstić information content (AvgIpc) is 3.10. The van der Waals surface area contributed by atoms with Gasteiger partial charge in [-0.25, -0.2) is 4.79 Å². The van der Waals surface area contributed by atoms with Crippen LogP contribution in [0.5, 0.6) is 0 Å². The Morgan fingerprint density at radius 1 is 1.00 bits per heavy atom. The summed E-state index contributed by atoms with van der Waals surface area (Å²) < 4.78 is 0. The van der Waals surface area contributed by atoms with Crippen molar-refractivity contribution < 1.29 is 9.59 Å². The molecule has 1 unspecified atom stereocenters. The molecule has 0 spiro atoms. The molecule has 3 amide bonds. The highest BCUT2D eigenvalue weighted by Crippen LogP contribution is 2.38. The van der Waals surface area contributed by atoms with E-state index < -0.39 is 6.03 Å². The molecule has 0 aromatic heterocycles. The molecule has 2 aromatic carbocycles. The van der Waals surface area contributed by atoms with Crippen LogP contribution in [0.4, 0.5) is 4.79 Å². The van der Waals surface area contributed by atoms with Gasteiger partial charge in [-0.05, 0) is 48.2 Å². The molecule has 0 radical (unpaired) electrons. The highest BCUT2D eigenvalue weighted by molar-refractivity contribution is 5.94. The molecule has 1 aliphatic rings. The molecule has 1 aliphatic heterocycles. The summed E-state index contributed by atoms with van der Waals surface area (Å²) in [5, 5.41) is 2.95. The number of hydrogen-bond acceptors (Lipinski definition) is 3. The smallest absolute Gasteiger partial charge is 0.315 e. The van der Waals surface area contributed by atoms with Crippen molar-refractivity contribution in [2.45, 2.75) is 38.3 Å². The van der Waals surface area contributed by atoms with Crippen LogP contribution in [0.2, 0.25) is 0 Å². The minimum Gasteiger partial charge on any atom is -0.352 e. The fraction of sp³-hybridized carbons (Fsp3) is 0.364. The number of fused-ring (bicyclic) bond motifs is 1. The van der Waals surface area contributed by atoms with Gasteiger partial charge in [0, 0.05) is 18.7 Å². The second-order valence-electron chi connectivity index (χ2n) is 7.15.